The van der Waals surface area contributed by atoms with Crippen LogP contribution in [0.5, 0.6) is 0 Å². The normalized spacial score (nSPS) is 23.3. The molecular formula is C17H29N3OS. The smallest absolute Gasteiger partial charge is 0.227 e. The van der Waals surface area contributed by atoms with Crippen LogP contribution in [0.15, 0.2) is 12.2 Å². The Balaban J connectivity index is 1.85. The van der Waals surface area contributed by atoms with Gasteiger partial charge in [-0.3, -0.25) is 4.79 Å². The predicted molar refractivity (Wildman–Crippen MR) is 94.7 cm³/mol. The van der Waals surface area contributed by atoms with Gasteiger partial charge in [0.25, 0.3) is 0 Å². The van der Waals surface area contributed by atoms with Gasteiger partial charge in [0.05, 0.1) is 5.92 Å². The van der Waals surface area contributed by atoms with Crippen LogP contribution in [0, 0.1) is 11.8 Å². The highest BCUT2D eigenvalue weighted by Gasteiger charge is 2.31. The second-order valence-corrected chi connectivity index (χ2v) is 7.30. The van der Waals surface area contributed by atoms with E-state index < -0.39 is 0 Å². The van der Waals surface area contributed by atoms with Crippen LogP contribution in [0.4, 0.5) is 0 Å². The van der Waals surface area contributed by atoms with Gasteiger partial charge in [-0.25, -0.2) is 0 Å². The first kappa shape index (κ1) is 17.3. The highest BCUT2D eigenvalue weighted by atomic mass is 32.1. The molecule has 0 aromatic carbocycles. The fraction of sp³-hybridized carbons (Fsp3) is 0.765. The van der Waals surface area contributed by atoms with E-state index in [1.54, 1.807) is 0 Å². The molecule has 1 unspecified atom stereocenters. The SMILES string of the molecule is C=C(C)CNC(=S)N1CCCC(C(=O)N2CCC(C)CC2)C1. The van der Waals surface area contributed by atoms with E-state index in [1.807, 2.05) is 6.92 Å². The van der Waals surface area contributed by atoms with Gasteiger partial charge in [0.2, 0.25) is 5.91 Å². The molecule has 1 atom stereocenters. The van der Waals surface area contributed by atoms with E-state index in [4.69, 9.17) is 12.2 Å². The van der Waals surface area contributed by atoms with E-state index in [0.717, 1.165) is 68.5 Å². The lowest BCUT2D eigenvalue weighted by Crippen LogP contribution is -2.50. The van der Waals surface area contributed by atoms with Crippen molar-refractivity contribution in [2.75, 3.05) is 32.7 Å². The molecule has 2 aliphatic heterocycles. The van der Waals surface area contributed by atoms with Crippen molar-refractivity contribution in [1.29, 1.82) is 0 Å². The van der Waals surface area contributed by atoms with E-state index in [9.17, 15) is 4.79 Å². The highest BCUT2D eigenvalue weighted by molar-refractivity contribution is 7.80. The number of carbonyl (C=O) groups excluding carboxylic acids is 1. The number of rotatable bonds is 3. The molecule has 2 rings (SSSR count). The van der Waals surface area contributed by atoms with Gasteiger partial charge in [-0.1, -0.05) is 19.1 Å². The van der Waals surface area contributed by atoms with Gasteiger partial charge in [0.15, 0.2) is 5.11 Å². The third-order valence-corrected chi connectivity index (χ3v) is 5.10. The number of nitrogens with one attached hydrogen (secondary N) is 1. The van der Waals surface area contributed by atoms with Crippen molar-refractivity contribution in [2.24, 2.45) is 11.8 Å². The average molecular weight is 324 g/mol. The van der Waals surface area contributed by atoms with Gasteiger partial charge in [-0.2, -0.15) is 0 Å². The summed E-state index contributed by atoms with van der Waals surface area (Å²) < 4.78 is 0. The van der Waals surface area contributed by atoms with Crippen LogP contribution in [0.1, 0.15) is 39.5 Å². The maximum absolute atomic E-state index is 12.7. The lowest BCUT2D eigenvalue weighted by molar-refractivity contribution is -0.138. The fourth-order valence-corrected chi connectivity index (χ4v) is 3.43. The van der Waals surface area contributed by atoms with Crippen molar-refractivity contribution in [3.63, 3.8) is 0 Å². The van der Waals surface area contributed by atoms with Crippen LogP contribution < -0.4 is 5.32 Å². The van der Waals surface area contributed by atoms with Crippen LogP contribution in [-0.4, -0.2) is 53.5 Å². The number of nitrogens with zero attached hydrogens (tertiary/aromatic N) is 2. The molecule has 2 fully saturated rings. The minimum Gasteiger partial charge on any atom is -0.359 e. The molecule has 2 heterocycles. The van der Waals surface area contributed by atoms with Crippen molar-refractivity contribution in [3.8, 4) is 0 Å². The molecular weight excluding hydrogens is 294 g/mol. The molecule has 5 heteroatoms. The molecule has 0 bridgehead atoms. The Morgan fingerprint density at radius 2 is 1.91 bits per heavy atom. The monoisotopic (exact) mass is 323 g/mol. The molecule has 2 aliphatic rings. The minimum absolute atomic E-state index is 0.103. The van der Waals surface area contributed by atoms with Crippen LogP contribution in [-0.2, 0) is 4.79 Å². The lowest BCUT2D eigenvalue weighted by Gasteiger charge is -2.38. The zero-order valence-corrected chi connectivity index (χ0v) is 14.8. The summed E-state index contributed by atoms with van der Waals surface area (Å²) in [7, 11) is 0. The summed E-state index contributed by atoms with van der Waals surface area (Å²) in [4.78, 5) is 16.9. The molecule has 124 valence electrons. The first-order valence-electron chi connectivity index (χ1n) is 8.43. The Bertz CT molecular complexity index is 430. The molecule has 0 aromatic heterocycles. The van der Waals surface area contributed by atoms with Gasteiger partial charge in [-0.15, -0.1) is 0 Å². The first-order chi connectivity index (χ1) is 10.5. The molecule has 1 N–H and O–H groups in total. The van der Waals surface area contributed by atoms with Crippen LogP contribution >= 0.6 is 12.2 Å². The Morgan fingerprint density at radius 3 is 2.55 bits per heavy atom. The number of piperidine rings is 2. The molecule has 0 saturated carbocycles. The summed E-state index contributed by atoms with van der Waals surface area (Å²) in [5.74, 6) is 1.19. The summed E-state index contributed by atoms with van der Waals surface area (Å²) in [6.07, 6.45) is 4.31. The zero-order valence-electron chi connectivity index (χ0n) is 13.9. The molecule has 22 heavy (non-hydrogen) atoms. The van der Waals surface area contributed by atoms with Crippen molar-refractivity contribution in [1.82, 2.24) is 15.1 Å². The number of carbonyl (C=O) groups is 1. The Morgan fingerprint density at radius 1 is 1.23 bits per heavy atom. The lowest BCUT2D eigenvalue weighted by atomic mass is 9.94. The van der Waals surface area contributed by atoms with E-state index in [-0.39, 0.29) is 5.92 Å². The first-order valence-corrected chi connectivity index (χ1v) is 8.84. The average Bonchev–Trinajstić information content (AvgIpc) is 2.52. The van der Waals surface area contributed by atoms with Crippen LogP contribution in [0.2, 0.25) is 0 Å². The number of hydrogen-bond acceptors (Lipinski definition) is 2. The Labute approximate surface area is 139 Å². The van der Waals surface area contributed by atoms with E-state index in [0.29, 0.717) is 12.5 Å². The van der Waals surface area contributed by atoms with Crippen molar-refractivity contribution in [3.05, 3.63) is 12.2 Å². The van der Waals surface area contributed by atoms with E-state index in [2.05, 4.69) is 28.6 Å². The molecule has 0 aliphatic carbocycles. The van der Waals surface area contributed by atoms with Crippen molar-refractivity contribution in [2.45, 2.75) is 39.5 Å². The predicted octanol–water partition coefficient (Wildman–Crippen LogP) is 2.41. The second kappa shape index (κ2) is 7.95. The number of amides is 1. The molecule has 0 aromatic rings. The zero-order chi connectivity index (χ0) is 16.1. The highest BCUT2D eigenvalue weighted by Crippen LogP contribution is 2.23. The molecule has 1 amide bonds. The minimum atomic E-state index is 0.103. The summed E-state index contributed by atoms with van der Waals surface area (Å²) in [5, 5.41) is 3.99. The summed E-state index contributed by atoms with van der Waals surface area (Å²) in [5.41, 5.74) is 1.06. The number of thiocarbonyl (C=S) groups is 1. The third kappa shape index (κ3) is 4.70. The fourth-order valence-electron chi connectivity index (χ4n) is 3.19. The Kier molecular flexibility index (Phi) is 6.24. The van der Waals surface area contributed by atoms with E-state index in [1.165, 1.54) is 0 Å². The third-order valence-electron chi connectivity index (χ3n) is 4.69. The quantitative estimate of drug-likeness (QED) is 0.639. The molecule has 0 radical (unpaired) electrons. The van der Waals surface area contributed by atoms with Gasteiger partial charge in [0, 0.05) is 32.7 Å². The van der Waals surface area contributed by atoms with Crippen LogP contribution in [0.3, 0.4) is 0 Å². The molecule has 0 spiro atoms. The van der Waals surface area contributed by atoms with Gasteiger partial charge in [0.1, 0.15) is 0 Å². The number of hydrogen-bond donors (Lipinski definition) is 1. The molecule has 2 saturated heterocycles. The summed E-state index contributed by atoms with van der Waals surface area (Å²) >= 11 is 5.45. The maximum atomic E-state index is 12.7. The molecule has 4 nitrogen and oxygen atoms in total. The van der Waals surface area contributed by atoms with Crippen molar-refractivity contribution >= 4 is 23.2 Å². The van der Waals surface area contributed by atoms with Gasteiger partial charge < -0.3 is 15.1 Å². The van der Waals surface area contributed by atoms with Gasteiger partial charge in [-0.05, 0) is 50.7 Å². The topological polar surface area (TPSA) is 35.6 Å². The summed E-state index contributed by atoms with van der Waals surface area (Å²) in [6.45, 7) is 12.4. The largest absolute Gasteiger partial charge is 0.359 e. The standard InChI is InChI=1S/C17H29N3OS/c1-13(2)11-18-17(22)20-8-4-5-15(12-20)16(21)19-9-6-14(3)7-10-19/h14-15H,1,4-12H2,2-3H3,(H,18,22). The Hall–Kier alpha value is -1.10. The van der Waals surface area contributed by atoms with E-state index >= 15 is 0 Å². The second-order valence-electron chi connectivity index (χ2n) is 6.91. The maximum Gasteiger partial charge on any atom is 0.227 e. The van der Waals surface area contributed by atoms with Gasteiger partial charge >= 0.3 is 0 Å². The van der Waals surface area contributed by atoms with Crippen LogP contribution in [0.25, 0.3) is 0 Å². The number of likely N-dealkylation sites (tertiary alicyclic amines) is 2. The van der Waals surface area contributed by atoms with Crippen molar-refractivity contribution < 1.29 is 4.79 Å². The summed E-state index contributed by atoms with van der Waals surface area (Å²) in [6, 6.07) is 0.